The van der Waals surface area contributed by atoms with Gasteiger partial charge >= 0.3 is 11.9 Å². The largest absolute Gasteiger partial charge is 0.463 e. The van der Waals surface area contributed by atoms with E-state index in [2.05, 4.69) is 9.47 Å². The average Bonchev–Trinajstić information content (AvgIpc) is 2.13. The fourth-order valence-electron chi connectivity index (χ4n) is 0.857. The minimum absolute atomic E-state index is 0.0705. The van der Waals surface area contributed by atoms with Crippen molar-refractivity contribution in [3.63, 3.8) is 0 Å². The van der Waals surface area contributed by atoms with E-state index in [0.717, 1.165) is 6.92 Å². The van der Waals surface area contributed by atoms with Gasteiger partial charge in [0.1, 0.15) is 0 Å². The van der Waals surface area contributed by atoms with Crippen molar-refractivity contribution in [1.29, 1.82) is 0 Å². The maximum atomic E-state index is 11.2. The average molecular weight is 219 g/mol. The lowest BCUT2D eigenvalue weighted by Gasteiger charge is -2.16. The molecule has 86 valence electrons. The van der Waals surface area contributed by atoms with Gasteiger partial charge in [-0.1, -0.05) is 0 Å². The fraction of sp³-hybridized carbons (Fsp3) is 0.750. The molecule has 0 aromatic heterocycles. The van der Waals surface area contributed by atoms with Crippen LogP contribution in [0.15, 0.2) is 0 Å². The molecule has 2 atom stereocenters. The molecule has 0 aromatic carbocycles. The zero-order valence-electron chi connectivity index (χ0n) is 8.76. The second-order valence-corrected chi connectivity index (χ2v) is 2.81. The number of hydrogen-bond donors (Lipinski definition) is 0. The van der Waals surface area contributed by atoms with Crippen LogP contribution >= 0.6 is 0 Å². The molecule has 7 nitrogen and oxygen atoms in total. The van der Waals surface area contributed by atoms with Gasteiger partial charge in [-0.3, -0.25) is 14.9 Å². The summed E-state index contributed by atoms with van der Waals surface area (Å²) in [5, 5.41) is 10.4. The first-order valence-electron chi connectivity index (χ1n) is 4.37. The standard InChI is InChI=1S/C8H13NO6/c1-4-14-8(11)7(15-6(3)10)5(2)9(12)13/h5,7H,4H2,1-3H3. The Hall–Kier alpha value is -1.66. The molecule has 0 aliphatic rings. The monoisotopic (exact) mass is 219 g/mol. The van der Waals surface area contributed by atoms with E-state index in [0.29, 0.717) is 0 Å². The Morgan fingerprint density at radius 1 is 1.47 bits per heavy atom. The SMILES string of the molecule is CCOC(=O)C(OC(C)=O)C(C)[N+](=O)[O-]. The molecular formula is C8H13NO6. The molecule has 0 saturated heterocycles. The summed E-state index contributed by atoms with van der Waals surface area (Å²) in [6.45, 7) is 3.87. The van der Waals surface area contributed by atoms with Crippen LogP contribution in [0.5, 0.6) is 0 Å². The first kappa shape index (κ1) is 13.3. The van der Waals surface area contributed by atoms with Crippen LogP contribution in [0.3, 0.4) is 0 Å². The highest BCUT2D eigenvalue weighted by Gasteiger charge is 2.37. The zero-order valence-corrected chi connectivity index (χ0v) is 8.76. The van der Waals surface area contributed by atoms with Gasteiger partial charge in [0.05, 0.1) is 6.61 Å². The molecule has 0 radical (unpaired) electrons. The fourth-order valence-corrected chi connectivity index (χ4v) is 0.857. The van der Waals surface area contributed by atoms with E-state index in [1.807, 2.05) is 0 Å². The van der Waals surface area contributed by atoms with Gasteiger partial charge in [-0.15, -0.1) is 0 Å². The molecule has 0 aromatic rings. The number of nitro groups is 1. The molecule has 0 N–H and O–H groups in total. The molecule has 0 aliphatic heterocycles. The van der Waals surface area contributed by atoms with E-state index >= 15 is 0 Å². The molecule has 0 rings (SSSR count). The molecule has 0 spiro atoms. The first-order valence-corrected chi connectivity index (χ1v) is 4.37. The van der Waals surface area contributed by atoms with Gasteiger partial charge in [0.15, 0.2) is 0 Å². The van der Waals surface area contributed by atoms with Crippen molar-refractivity contribution < 1.29 is 24.0 Å². The van der Waals surface area contributed by atoms with Crippen molar-refractivity contribution in [2.45, 2.75) is 32.9 Å². The third kappa shape index (κ3) is 4.39. The molecule has 0 saturated carbocycles. The Morgan fingerprint density at radius 3 is 2.33 bits per heavy atom. The van der Waals surface area contributed by atoms with Crippen molar-refractivity contribution in [1.82, 2.24) is 0 Å². The molecular weight excluding hydrogens is 206 g/mol. The quantitative estimate of drug-likeness (QED) is 0.371. The number of hydrogen-bond acceptors (Lipinski definition) is 6. The summed E-state index contributed by atoms with van der Waals surface area (Å²) in [5.74, 6) is -1.67. The van der Waals surface area contributed by atoms with E-state index in [-0.39, 0.29) is 6.61 Å². The van der Waals surface area contributed by atoms with Gasteiger partial charge in [0.25, 0.3) is 12.1 Å². The number of nitrogens with zero attached hydrogens (tertiary/aromatic N) is 1. The highest BCUT2D eigenvalue weighted by atomic mass is 16.6. The van der Waals surface area contributed by atoms with Gasteiger partial charge < -0.3 is 9.47 Å². The molecule has 15 heavy (non-hydrogen) atoms. The van der Waals surface area contributed by atoms with E-state index in [4.69, 9.17) is 0 Å². The van der Waals surface area contributed by atoms with Crippen molar-refractivity contribution in [2.24, 2.45) is 0 Å². The maximum Gasteiger partial charge on any atom is 0.354 e. The van der Waals surface area contributed by atoms with Crippen LogP contribution in [0.1, 0.15) is 20.8 Å². The topological polar surface area (TPSA) is 95.7 Å². The smallest absolute Gasteiger partial charge is 0.354 e. The Kier molecular flexibility index (Phi) is 5.29. The normalized spacial score (nSPS) is 13.8. The number of ether oxygens (including phenoxy) is 2. The summed E-state index contributed by atoms with van der Waals surface area (Å²) in [5.41, 5.74) is 0. The van der Waals surface area contributed by atoms with Crippen LogP contribution in [0, 0.1) is 10.1 Å². The molecule has 0 bridgehead atoms. The lowest BCUT2D eigenvalue weighted by atomic mass is 10.2. The van der Waals surface area contributed by atoms with Gasteiger partial charge in [-0.05, 0) is 6.92 Å². The second kappa shape index (κ2) is 5.94. The molecule has 0 fully saturated rings. The van der Waals surface area contributed by atoms with E-state index in [9.17, 15) is 19.7 Å². The van der Waals surface area contributed by atoms with Crippen LogP contribution in [-0.2, 0) is 19.1 Å². The minimum atomic E-state index is -1.49. The van der Waals surface area contributed by atoms with Crippen LogP contribution < -0.4 is 0 Å². The summed E-state index contributed by atoms with van der Waals surface area (Å²) < 4.78 is 9.09. The summed E-state index contributed by atoms with van der Waals surface area (Å²) in [4.78, 5) is 31.6. The van der Waals surface area contributed by atoms with Crippen molar-refractivity contribution >= 4 is 11.9 Å². The van der Waals surface area contributed by atoms with Gasteiger partial charge in [-0.2, -0.15) is 0 Å². The minimum Gasteiger partial charge on any atom is -0.463 e. The van der Waals surface area contributed by atoms with Crippen molar-refractivity contribution in [3.05, 3.63) is 10.1 Å². The first-order chi connectivity index (χ1) is 6.90. The molecule has 7 heteroatoms. The van der Waals surface area contributed by atoms with E-state index in [1.165, 1.54) is 6.92 Å². The Morgan fingerprint density at radius 2 is 2.00 bits per heavy atom. The van der Waals surface area contributed by atoms with Crippen LogP contribution in [0.4, 0.5) is 0 Å². The highest BCUT2D eigenvalue weighted by Crippen LogP contribution is 2.06. The molecule has 0 amide bonds. The summed E-state index contributed by atoms with van der Waals surface area (Å²) in [6, 6.07) is -1.33. The Balaban J connectivity index is 4.63. The van der Waals surface area contributed by atoms with Crippen LogP contribution in [0.2, 0.25) is 0 Å². The Labute approximate surface area is 86.5 Å². The van der Waals surface area contributed by atoms with Crippen LogP contribution in [0.25, 0.3) is 0 Å². The number of carbonyl (C=O) groups excluding carboxylic acids is 2. The predicted molar refractivity (Wildman–Crippen MR) is 48.6 cm³/mol. The Bertz CT molecular complexity index is 264. The molecule has 0 heterocycles. The summed E-state index contributed by atoms with van der Waals surface area (Å²) >= 11 is 0. The lowest BCUT2D eigenvalue weighted by Crippen LogP contribution is -2.41. The number of carbonyl (C=O) groups is 2. The maximum absolute atomic E-state index is 11.2. The van der Waals surface area contributed by atoms with Crippen LogP contribution in [-0.4, -0.2) is 35.6 Å². The predicted octanol–water partition coefficient (Wildman–Crippen LogP) is 0.146. The zero-order chi connectivity index (χ0) is 12.0. The molecule has 0 aliphatic carbocycles. The summed E-state index contributed by atoms with van der Waals surface area (Å²) in [6.07, 6.45) is -1.49. The van der Waals surface area contributed by atoms with Gasteiger partial charge in [0, 0.05) is 18.8 Å². The lowest BCUT2D eigenvalue weighted by molar-refractivity contribution is -0.526. The number of esters is 2. The third-order valence-electron chi connectivity index (χ3n) is 1.58. The van der Waals surface area contributed by atoms with Gasteiger partial charge in [0.2, 0.25) is 0 Å². The van der Waals surface area contributed by atoms with Crippen molar-refractivity contribution in [2.75, 3.05) is 6.61 Å². The van der Waals surface area contributed by atoms with E-state index in [1.54, 1.807) is 6.92 Å². The summed E-state index contributed by atoms with van der Waals surface area (Å²) in [7, 11) is 0. The van der Waals surface area contributed by atoms with Gasteiger partial charge in [-0.25, -0.2) is 4.79 Å². The second-order valence-electron chi connectivity index (χ2n) is 2.81. The van der Waals surface area contributed by atoms with E-state index < -0.39 is 29.0 Å². The number of rotatable bonds is 5. The molecule has 2 unspecified atom stereocenters. The third-order valence-corrected chi connectivity index (χ3v) is 1.58. The van der Waals surface area contributed by atoms with Crippen molar-refractivity contribution in [3.8, 4) is 0 Å². The highest BCUT2D eigenvalue weighted by molar-refractivity contribution is 5.79.